The van der Waals surface area contributed by atoms with E-state index in [0.717, 1.165) is 5.56 Å². The van der Waals surface area contributed by atoms with Gasteiger partial charge in [-0.3, -0.25) is 4.79 Å². The van der Waals surface area contributed by atoms with Gasteiger partial charge in [0.15, 0.2) is 17.3 Å². The van der Waals surface area contributed by atoms with Gasteiger partial charge < -0.3 is 14.6 Å². The number of phenolic OH excluding ortho intramolecular Hbond substituents is 1. The molecule has 0 aliphatic rings. The predicted octanol–water partition coefficient (Wildman–Crippen LogP) is 3.70. The van der Waals surface area contributed by atoms with Crippen molar-refractivity contribution in [1.82, 2.24) is 0 Å². The van der Waals surface area contributed by atoms with Crippen molar-refractivity contribution in [2.75, 3.05) is 13.7 Å². The largest absolute Gasteiger partial charge is 0.508 e. The first-order valence-electron chi connectivity index (χ1n) is 6.96. The molecule has 2 aromatic rings. The number of carbonyl (C=O) groups is 1. The number of aromatic hydroxyl groups is 1. The standard InChI is InChI=1S/C18H18O4/c1-3-22-18-11-13(8-10-17(18)21-2)7-9-16(20)14-5-4-6-15(19)12-14/h4-12,19H,3H2,1-2H3/b9-7+. The third kappa shape index (κ3) is 3.88. The van der Waals surface area contributed by atoms with Gasteiger partial charge in [-0.15, -0.1) is 0 Å². The fourth-order valence-corrected chi connectivity index (χ4v) is 1.99. The number of rotatable bonds is 6. The van der Waals surface area contributed by atoms with E-state index < -0.39 is 0 Å². The molecule has 0 spiro atoms. The normalized spacial score (nSPS) is 10.6. The Morgan fingerprint density at radius 2 is 2.00 bits per heavy atom. The van der Waals surface area contributed by atoms with E-state index in [0.29, 0.717) is 23.7 Å². The summed E-state index contributed by atoms with van der Waals surface area (Å²) in [6.45, 7) is 2.43. The zero-order valence-electron chi connectivity index (χ0n) is 12.6. The van der Waals surface area contributed by atoms with Crippen molar-refractivity contribution in [2.45, 2.75) is 6.92 Å². The molecule has 22 heavy (non-hydrogen) atoms. The molecular formula is C18H18O4. The average Bonchev–Trinajstić information content (AvgIpc) is 2.53. The highest BCUT2D eigenvalue weighted by Crippen LogP contribution is 2.28. The Morgan fingerprint density at radius 1 is 1.18 bits per heavy atom. The van der Waals surface area contributed by atoms with E-state index in [-0.39, 0.29) is 11.5 Å². The van der Waals surface area contributed by atoms with Crippen molar-refractivity contribution < 1.29 is 19.4 Å². The number of carbonyl (C=O) groups excluding carboxylic acids is 1. The van der Waals surface area contributed by atoms with Crippen molar-refractivity contribution >= 4 is 11.9 Å². The van der Waals surface area contributed by atoms with Crippen LogP contribution >= 0.6 is 0 Å². The average molecular weight is 298 g/mol. The van der Waals surface area contributed by atoms with Crippen LogP contribution < -0.4 is 9.47 Å². The van der Waals surface area contributed by atoms with Crippen LogP contribution in [0.15, 0.2) is 48.5 Å². The smallest absolute Gasteiger partial charge is 0.185 e. The van der Waals surface area contributed by atoms with Crippen LogP contribution in [-0.4, -0.2) is 24.6 Å². The first-order valence-corrected chi connectivity index (χ1v) is 6.96. The Morgan fingerprint density at radius 3 is 2.68 bits per heavy atom. The molecule has 0 heterocycles. The molecule has 0 atom stereocenters. The van der Waals surface area contributed by atoms with Crippen molar-refractivity contribution in [3.05, 3.63) is 59.7 Å². The van der Waals surface area contributed by atoms with Crippen molar-refractivity contribution in [2.24, 2.45) is 0 Å². The van der Waals surface area contributed by atoms with Gasteiger partial charge in [0.2, 0.25) is 0 Å². The molecular weight excluding hydrogens is 280 g/mol. The number of ether oxygens (including phenoxy) is 2. The van der Waals surface area contributed by atoms with Crippen molar-refractivity contribution in [3.8, 4) is 17.2 Å². The van der Waals surface area contributed by atoms with E-state index in [9.17, 15) is 9.90 Å². The Labute approximate surface area is 129 Å². The zero-order valence-corrected chi connectivity index (χ0v) is 12.6. The summed E-state index contributed by atoms with van der Waals surface area (Å²) >= 11 is 0. The summed E-state index contributed by atoms with van der Waals surface area (Å²) in [5, 5.41) is 9.39. The molecule has 0 saturated heterocycles. The molecule has 0 aliphatic heterocycles. The number of allylic oxidation sites excluding steroid dienone is 1. The molecule has 0 saturated carbocycles. The van der Waals surface area contributed by atoms with Crippen LogP contribution in [0.1, 0.15) is 22.8 Å². The van der Waals surface area contributed by atoms with Crippen LogP contribution in [0, 0.1) is 0 Å². The molecule has 0 unspecified atom stereocenters. The van der Waals surface area contributed by atoms with Crippen molar-refractivity contribution in [1.29, 1.82) is 0 Å². The molecule has 114 valence electrons. The van der Waals surface area contributed by atoms with Gasteiger partial charge in [0.05, 0.1) is 13.7 Å². The number of phenols is 1. The molecule has 0 aliphatic carbocycles. The van der Waals surface area contributed by atoms with E-state index >= 15 is 0 Å². The summed E-state index contributed by atoms with van der Waals surface area (Å²) in [6.07, 6.45) is 3.17. The van der Waals surface area contributed by atoms with Gasteiger partial charge in [0.1, 0.15) is 5.75 Å². The Hall–Kier alpha value is -2.75. The zero-order chi connectivity index (χ0) is 15.9. The highest BCUT2D eigenvalue weighted by molar-refractivity contribution is 6.07. The molecule has 1 N–H and O–H groups in total. The van der Waals surface area contributed by atoms with Gasteiger partial charge in [-0.1, -0.05) is 24.3 Å². The lowest BCUT2D eigenvalue weighted by atomic mass is 10.1. The minimum atomic E-state index is -0.176. The monoisotopic (exact) mass is 298 g/mol. The lowest BCUT2D eigenvalue weighted by Crippen LogP contribution is -1.96. The Bertz CT molecular complexity index is 689. The summed E-state index contributed by atoms with van der Waals surface area (Å²) in [6, 6.07) is 11.7. The molecule has 2 aromatic carbocycles. The maximum absolute atomic E-state index is 12.1. The summed E-state index contributed by atoms with van der Waals surface area (Å²) in [7, 11) is 1.58. The van der Waals surface area contributed by atoms with Gasteiger partial charge in [0.25, 0.3) is 0 Å². The number of ketones is 1. The maximum Gasteiger partial charge on any atom is 0.185 e. The van der Waals surface area contributed by atoms with E-state index in [1.807, 2.05) is 19.1 Å². The number of hydrogen-bond donors (Lipinski definition) is 1. The van der Waals surface area contributed by atoms with Gasteiger partial charge in [-0.25, -0.2) is 0 Å². The molecule has 0 amide bonds. The van der Waals surface area contributed by atoms with Crippen LogP contribution in [0.2, 0.25) is 0 Å². The van der Waals surface area contributed by atoms with E-state index in [4.69, 9.17) is 9.47 Å². The first-order chi connectivity index (χ1) is 10.6. The SMILES string of the molecule is CCOc1cc(/C=C/C(=O)c2cccc(O)c2)ccc1OC. The van der Waals surface area contributed by atoms with E-state index in [1.54, 1.807) is 31.4 Å². The molecule has 2 rings (SSSR count). The maximum atomic E-state index is 12.1. The molecule has 0 fully saturated rings. The molecule has 0 aromatic heterocycles. The lowest BCUT2D eigenvalue weighted by Gasteiger charge is -2.09. The highest BCUT2D eigenvalue weighted by atomic mass is 16.5. The molecule has 0 radical (unpaired) electrons. The third-order valence-corrected chi connectivity index (χ3v) is 3.05. The number of methoxy groups -OCH3 is 1. The topological polar surface area (TPSA) is 55.8 Å². The summed E-state index contributed by atoms with van der Waals surface area (Å²) in [4.78, 5) is 12.1. The fourth-order valence-electron chi connectivity index (χ4n) is 1.99. The van der Waals surface area contributed by atoms with Gasteiger partial charge in [-0.05, 0) is 42.8 Å². The summed E-state index contributed by atoms with van der Waals surface area (Å²) < 4.78 is 10.7. The molecule has 4 nitrogen and oxygen atoms in total. The second-order valence-electron chi connectivity index (χ2n) is 4.59. The second kappa shape index (κ2) is 7.31. The van der Waals surface area contributed by atoms with Crippen LogP contribution in [-0.2, 0) is 0 Å². The Balaban J connectivity index is 2.19. The molecule has 0 bridgehead atoms. The van der Waals surface area contributed by atoms with Gasteiger partial charge >= 0.3 is 0 Å². The van der Waals surface area contributed by atoms with Crippen LogP contribution in [0.5, 0.6) is 17.2 Å². The van der Waals surface area contributed by atoms with Crippen LogP contribution in [0.25, 0.3) is 6.08 Å². The van der Waals surface area contributed by atoms with E-state index in [1.165, 1.54) is 18.2 Å². The Kier molecular flexibility index (Phi) is 5.20. The third-order valence-electron chi connectivity index (χ3n) is 3.05. The van der Waals surface area contributed by atoms with Crippen LogP contribution in [0.4, 0.5) is 0 Å². The number of benzene rings is 2. The lowest BCUT2D eigenvalue weighted by molar-refractivity contribution is 0.104. The van der Waals surface area contributed by atoms with Crippen molar-refractivity contribution in [3.63, 3.8) is 0 Å². The minimum absolute atomic E-state index is 0.0716. The first kappa shape index (κ1) is 15.6. The van der Waals surface area contributed by atoms with Gasteiger partial charge in [-0.2, -0.15) is 0 Å². The predicted molar refractivity (Wildman–Crippen MR) is 85.6 cm³/mol. The second-order valence-corrected chi connectivity index (χ2v) is 4.59. The van der Waals surface area contributed by atoms with Crippen LogP contribution in [0.3, 0.4) is 0 Å². The quantitative estimate of drug-likeness (QED) is 0.652. The number of hydrogen-bond acceptors (Lipinski definition) is 4. The minimum Gasteiger partial charge on any atom is -0.508 e. The van der Waals surface area contributed by atoms with Gasteiger partial charge in [0, 0.05) is 5.56 Å². The highest BCUT2D eigenvalue weighted by Gasteiger charge is 2.05. The fraction of sp³-hybridized carbons (Fsp3) is 0.167. The van der Waals surface area contributed by atoms with E-state index in [2.05, 4.69) is 0 Å². The summed E-state index contributed by atoms with van der Waals surface area (Å²) in [5.41, 5.74) is 1.27. The molecule has 4 heteroatoms. The summed E-state index contributed by atoms with van der Waals surface area (Å²) in [5.74, 6) is 1.18.